The number of rotatable bonds is 4. The monoisotopic (exact) mass is 294 g/mol. The smallest absolute Gasteiger partial charge is 0.140 e. The van der Waals surface area contributed by atoms with E-state index in [1.807, 2.05) is 24.3 Å². The van der Waals surface area contributed by atoms with Crippen LogP contribution in [0.25, 0.3) is 0 Å². The van der Waals surface area contributed by atoms with E-state index in [4.69, 9.17) is 5.11 Å². The van der Waals surface area contributed by atoms with Gasteiger partial charge in [0.05, 0.1) is 11.5 Å². The lowest BCUT2D eigenvalue weighted by Gasteiger charge is -2.09. The second-order valence-corrected chi connectivity index (χ2v) is 5.96. The molecule has 20 heavy (non-hydrogen) atoms. The topological polar surface area (TPSA) is 20.2 Å². The summed E-state index contributed by atoms with van der Waals surface area (Å²) in [5.41, 5.74) is 1.42. The summed E-state index contributed by atoms with van der Waals surface area (Å²) in [4.78, 5) is 0.739. The first-order chi connectivity index (χ1) is 9.51. The van der Waals surface area contributed by atoms with Gasteiger partial charge in [-0.1, -0.05) is 37.7 Å². The first-order valence-corrected chi connectivity index (χ1v) is 7.19. The third-order valence-electron chi connectivity index (χ3n) is 3.01. The SMILES string of the molecule is CC(C)c1ccc(Sc2c(F)cc(CO)cc2F)cc1. The fourth-order valence-electron chi connectivity index (χ4n) is 1.84. The summed E-state index contributed by atoms with van der Waals surface area (Å²) in [6.45, 7) is 3.81. The average Bonchev–Trinajstić information content (AvgIpc) is 2.43. The second kappa shape index (κ2) is 6.37. The molecule has 0 aromatic heterocycles. The molecule has 0 aliphatic heterocycles. The van der Waals surface area contributed by atoms with E-state index in [0.717, 1.165) is 28.8 Å². The fraction of sp³-hybridized carbons (Fsp3) is 0.250. The minimum atomic E-state index is -0.646. The molecule has 2 rings (SSSR count). The summed E-state index contributed by atoms with van der Waals surface area (Å²) in [6, 6.07) is 9.97. The van der Waals surface area contributed by atoms with Crippen LogP contribution in [0.5, 0.6) is 0 Å². The Morgan fingerprint density at radius 3 is 2.05 bits per heavy atom. The van der Waals surface area contributed by atoms with Gasteiger partial charge in [-0.15, -0.1) is 0 Å². The average molecular weight is 294 g/mol. The minimum absolute atomic E-state index is 0.0421. The number of benzene rings is 2. The van der Waals surface area contributed by atoms with Gasteiger partial charge in [0.1, 0.15) is 11.6 Å². The lowest BCUT2D eigenvalue weighted by Crippen LogP contribution is -1.93. The molecule has 0 unspecified atom stereocenters. The zero-order valence-corrected chi connectivity index (χ0v) is 12.2. The van der Waals surface area contributed by atoms with E-state index in [1.165, 1.54) is 5.56 Å². The van der Waals surface area contributed by atoms with Gasteiger partial charge in [-0.2, -0.15) is 0 Å². The molecular weight excluding hydrogens is 278 g/mol. The first kappa shape index (κ1) is 15.0. The molecule has 1 nitrogen and oxygen atoms in total. The van der Waals surface area contributed by atoms with Gasteiger partial charge in [0, 0.05) is 4.90 Å². The molecule has 0 radical (unpaired) electrons. The molecule has 4 heteroatoms. The van der Waals surface area contributed by atoms with Gasteiger partial charge in [-0.05, 0) is 41.3 Å². The fourth-order valence-corrected chi connectivity index (χ4v) is 2.66. The van der Waals surface area contributed by atoms with Crippen LogP contribution in [-0.2, 0) is 6.61 Å². The minimum Gasteiger partial charge on any atom is -0.392 e. The lowest BCUT2D eigenvalue weighted by molar-refractivity contribution is 0.280. The molecule has 2 aromatic carbocycles. The van der Waals surface area contributed by atoms with Crippen molar-refractivity contribution in [3.63, 3.8) is 0 Å². The Morgan fingerprint density at radius 1 is 1.05 bits per heavy atom. The summed E-state index contributed by atoms with van der Waals surface area (Å²) in [6.07, 6.45) is 0. The molecule has 0 atom stereocenters. The van der Waals surface area contributed by atoms with Crippen LogP contribution in [0.2, 0.25) is 0 Å². The predicted octanol–water partition coefficient (Wildman–Crippen LogP) is 4.73. The number of aliphatic hydroxyl groups is 1. The normalized spacial score (nSPS) is 11.1. The Bertz CT molecular complexity index is 571. The molecule has 1 N–H and O–H groups in total. The van der Waals surface area contributed by atoms with E-state index < -0.39 is 11.6 Å². The van der Waals surface area contributed by atoms with E-state index in [9.17, 15) is 8.78 Å². The quantitative estimate of drug-likeness (QED) is 0.879. The van der Waals surface area contributed by atoms with Crippen LogP contribution in [0, 0.1) is 11.6 Å². The van der Waals surface area contributed by atoms with Gasteiger partial charge in [0.15, 0.2) is 0 Å². The third kappa shape index (κ3) is 3.38. The van der Waals surface area contributed by atoms with Gasteiger partial charge in [-0.25, -0.2) is 8.78 Å². The Kier molecular flexibility index (Phi) is 4.78. The summed E-state index contributed by atoms with van der Waals surface area (Å²) >= 11 is 1.05. The molecule has 0 spiro atoms. The Balaban J connectivity index is 2.26. The van der Waals surface area contributed by atoms with Gasteiger partial charge < -0.3 is 5.11 Å². The molecule has 2 aromatic rings. The number of halogens is 2. The van der Waals surface area contributed by atoms with E-state index in [0.29, 0.717) is 5.92 Å². The number of aliphatic hydroxyl groups excluding tert-OH is 1. The maximum absolute atomic E-state index is 13.8. The van der Waals surface area contributed by atoms with Crippen LogP contribution in [-0.4, -0.2) is 5.11 Å². The largest absolute Gasteiger partial charge is 0.392 e. The standard InChI is InChI=1S/C16H16F2OS/c1-10(2)12-3-5-13(6-4-12)20-16-14(17)7-11(9-19)8-15(16)18/h3-8,10,19H,9H2,1-2H3. The van der Waals surface area contributed by atoms with Crippen LogP contribution in [0.1, 0.15) is 30.9 Å². The van der Waals surface area contributed by atoms with Gasteiger partial charge in [0.25, 0.3) is 0 Å². The highest BCUT2D eigenvalue weighted by molar-refractivity contribution is 7.99. The maximum atomic E-state index is 13.8. The first-order valence-electron chi connectivity index (χ1n) is 6.38. The van der Waals surface area contributed by atoms with Crippen LogP contribution < -0.4 is 0 Å². The Labute approximate surface area is 121 Å². The molecule has 0 fully saturated rings. The van der Waals surface area contributed by atoms with Crippen molar-refractivity contribution in [1.82, 2.24) is 0 Å². The zero-order valence-electron chi connectivity index (χ0n) is 11.4. The van der Waals surface area contributed by atoms with E-state index in [2.05, 4.69) is 13.8 Å². The zero-order chi connectivity index (χ0) is 14.7. The predicted molar refractivity (Wildman–Crippen MR) is 76.9 cm³/mol. The van der Waals surface area contributed by atoms with Crippen LogP contribution in [0.15, 0.2) is 46.2 Å². The van der Waals surface area contributed by atoms with Crippen molar-refractivity contribution in [3.05, 3.63) is 59.2 Å². The highest BCUT2D eigenvalue weighted by Crippen LogP contribution is 2.33. The number of hydrogen-bond donors (Lipinski definition) is 1. The molecule has 0 aliphatic rings. The summed E-state index contributed by atoms with van der Waals surface area (Å²) in [5, 5.41) is 8.91. The van der Waals surface area contributed by atoms with Crippen molar-refractivity contribution in [2.45, 2.75) is 36.2 Å². The van der Waals surface area contributed by atoms with Crippen molar-refractivity contribution in [3.8, 4) is 0 Å². The number of hydrogen-bond acceptors (Lipinski definition) is 2. The second-order valence-electron chi connectivity index (χ2n) is 4.87. The Morgan fingerprint density at radius 2 is 1.60 bits per heavy atom. The maximum Gasteiger partial charge on any atom is 0.140 e. The molecule has 0 saturated carbocycles. The third-order valence-corrected chi connectivity index (χ3v) is 4.11. The molecule has 0 amide bonds. The van der Waals surface area contributed by atoms with E-state index in [1.54, 1.807) is 0 Å². The Hall–Kier alpha value is -1.39. The molecule has 0 saturated heterocycles. The van der Waals surface area contributed by atoms with Crippen molar-refractivity contribution < 1.29 is 13.9 Å². The highest BCUT2D eigenvalue weighted by Gasteiger charge is 2.12. The van der Waals surface area contributed by atoms with Crippen molar-refractivity contribution in [2.24, 2.45) is 0 Å². The van der Waals surface area contributed by atoms with Gasteiger partial charge in [0.2, 0.25) is 0 Å². The van der Waals surface area contributed by atoms with Crippen molar-refractivity contribution in [1.29, 1.82) is 0 Å². The molecular formula is C16H16F2OS. The summed E-state index contributed by atoms with van der Waals surface area (Å²) in [7, 11) is 0. The molecule has 0 bridgehead atoms. The lowest BCUT2D eigenvalue weighted by atomic mass is 10.0. The van der Waals surface area contributed by atoms with Crippen molar-refractivity contribution in [2.75, 3.05) is 0 Å². The van der Waals surface area contributed by atoms with Crippen LogP contribution >= 0.6 is 11.8 Å². The van der Waals surface area contributed by atoms with Crippen molar-refractivity contribution >= 4 is 11.8 Å². The van der Waals surface area contributed by atoms with E-state index >= 15 is 0 Å². The van der Waals surface area contributed by atoms with Gasteiger partial charge in [-0.3, -0.25) is 0 Å². The summed E-state index contributed by atoms with van der Waals surface area (Å²) in [5.74, 6) is -0.870. The molecule has 106 valence electrons. The highest BCUT2D eigenvalue weighted by atomic mass is 32.2. The molecule has 0 aliphatic carbocycles. The molecule has 0 heterocycles. The van der Waals surface area contributed by atoms with Crippen LogP contribution in [0.4, 0.5) is 8.78 Å². The van der Waals surface area contributed by atoms with Gasteiger partial charge >= 0.3 is 0 Å². The van der Waals surface area contributed by atoms with Crippen LogP contribution in [0.3, 0.4) is 0 Å². The van der Waals surface area contributed by atoms with E-state index in [-0.39, 0.29) is 17.1 Å². The summed E-state index contributed by atoms with van der Waals surface area (Å²) < 4.78 is 27.6.